The molecule has 1 aliphatic heterocycles. The van der Waals surface area contributed by atoms with E-state index in [1.54, 1.807) is 24.8 Å². The van der Waals surface area contributed by atoms with Crippen LogP contribution < -0.4 is 4.90 Å². The molecule has 110 valence electrons. The van der Waals surface area contributed by atoms with Crippen molar-refractivity contribution < 1.29 is 4.39 Å². The predicted molar refractivity (Wildman–Crippen MR) is 78.3 cm³/mol. The van der Waals surface area contributed by atoms with Crippen molar-refractivity contribution in [3.8, 4) is 0 Å². The van der Waals surface area contributed by atoms with Crippen LogP contribution in [-0.2, 0) is 6.54 Å². The quantitative estimate of drug-likeness (QED) is 0.857. The lowest BCUT2D eigenvalue weighted by Crippen LogP contribution is -2.34. The first kappa shape index (κ1) is 13.9. The van der Waals surface area contributed by atoms with Gasteiger partial charge in [0.1, 0.15) is 18.0 Å². The lowest BCUT2D eigenvalue weighted by Gasteiger charge is -2.25. The molecular formula is C15H18FN5. The van der Waals surface area contributed by atoms with Crippen molar-refractivity contribution >= 4 is 5.82 Å². The van der Waals surface area contributed by atoms with Crippen molar-refractivity contribution in [3.63, 3.8) is 0 Å². The van der Waals surface area contributed by atoms with Crippen LogP contribution in [0.3, 0.4) is 0 Å². The van der Waals surface area contributed by atoms with Crippen molar-refractivity contribution in [2.24, 2.45) is 0 Å². The molecule has 1 saturated heterocycles. The van der Waals surface area contributed by atoms with Crippen LogP contribution in [0.5, 0.6) is 0 Å². The van der Waals surface area contributed by atoms with Crippen molar-refractivity contribution in [3.05, 3.63) is 48.4 Å². The first-order valence-corrected chi connectivity index (χ1v) is 7.03. The molecule has 21 heavy (non-hydrogen) atoms. The van der Waals surface area contributed by atoms with Gasteiger partial charge in [0, 0.05) is 45.1 Å². The molecule has 0 amide bonds. The Balaban J connectivity index is 1.60. The summed E-state index contributed by atoms with van der Waals surface area (Å²) in [5.74, 6) is 0.658. The molecular weight excluding hydrogens is 269 g/mol. The molecule has 0 N–H and O–H groups in total. The predicted octanol–water partition coefficient (Wildman–Crippen LogP) is 1.72. The molecule has 6 heteroatoms. The van der Waals surface area contributed by atoms with Crippen LogP contribution in [-0.4, -0.2) is 46.0 Å². The zero-order valence-electron chi connectivity index (χ0n) is 12.0. The lowest BCUT2D eigenvalue weighted by molar-refractivity contribution is 0.325. The Kier molecular flexibility index (Phi) is 4.06. The van der Waals surface area contributed by atoms with Crippen molar-refractivity contribution in [1.29, 1.82) is 0 Å². The molecule has 1 fully saturated rings. The smallest absolute Gasteiger partial charge is 0.141 e. The first-order valence-electron chi connectivity index (χ1n) is 7.03. The molecule has 1 atom stereocenters. The molecule has 2 aromatic rings. The van der Waals surface area contributed by atoms with Crippen LogP contribution in [0.25, 0.3) is 0 Å². The van der Waals surface area contributed by atoms with E-state index in [0.29, 0.717) is 6.04 Å². The zero-order chi connectivity index (χ0) is 14.7. The fourth-order valence-corrected chi connectivity index (χ4v) is 2.75. The number of hydrogen-bond donors (Lipinski definition) is 0. The Labute approximate surface area is 123 Å². The summed E-state index contributed by atoms with van der Waals surface area (Å²) in [6.45, 7) is 2.67. The molecule has 1 aliphatic rings. The van der Waals surface area contributed by atoms with Crippen molar-refractivity contribution in [1.82, 2.24) is 19.9 Å². The monoisotopic (exact) mass is 287 g/mol. The molecule has 3 rings (SSSR count). The van der Waals surface area contributed by atoms with Gasteiger partial charge in [-0.05, 0) is 24.1 Å². The highest BCUT2D eigenvalue weighted by atomic mass is 19.1. The highest BCUT2D eigenvalue weighted by Crippen LogP contribution is 2.20. The maximum Gasteiger partial charge on any atom is 0.141 e. The second-order valence-electron chi connectivity index (χ2n) is 5.37. The summed E-state index contributed by atoms with van der Waals surface area (Å²) >= 11 is 0. The van der Waals surface area contributed by atoms with E-state index in [4.69, 9.17) is 0 Å². The van der Waals surface area contributed by atoms with E-state index in [9.17, 15) is 4.39 Å². The van der Waals surface area contributed by atoms with Crippen LogP contribution in [0, 0.1) is 5.82 Å². The Hall–Kier alpha value is -2.08. The molecule has 0 radical (unpaired) electrons. The summed E-state index contributed by atoms with van der Waals surface area (Å²) in [6, 6.07) is 3.88. The van der Waals surface area contributed by atoms with E-state index in [1.165, 1.54) is 6.20 Å². The minimum Gasteiger partial charge on any atom is -0.355 e. The highest BCUT2D eigenvalue weighted by molar-refractivity contribution is 5.37. The van der Waals surface area contributed by atoms with Gasteiger partial charge in [-0.1, -0.05) is 0 Å². The normalized spacial score (nSPS) is 18.9. The topological polar surface area (TPSA) is 45.2 Å². The van der Waals surface area contributed by atoms with Gasteiger partial charge in [0.05, 0.1) is 6.20 Å². The van der Waals surface area contributed by atoms with Gasteiger partial charge in [0.25, 0.3) is 0 Å². The molecule has 3 heterocycles. The number of anilines is 1. The summed E-state index contributed by atoms with van der Waals surface area (Å²) in [5, 5.41) is 0. The molecule has 0 aliphatic carbocycles. The van der Waals surface area contributed by atoms with E-state index in [1.807, 2.05) is 6.07 Å². The average molecular weight is 287 g/mol. The number of aromatic nitrogens is 3. The van der Waals surface area contributed by atoms with Crippen LogP contribution in [0.2, 0.25) is 0 Å². The summed E-state index contributed by atoms with van der Waals surface area (Å²) in [4.78, 5) is 16.6. The SMILES string of the molecule is CN(c1ccncn1)C1CCN(Cc2cncc(F)c2)C1. The van der Waals surface area contributed by atoms with Crippen LogP contribution >= 0.6 is 0 Å². The van der Waals surface area contributed by atoms with E-state index < -0.39 is 0 Å². The average Bonchev–Trinajstić information content (AvgIpc) is 2.96. The minimum atomic E-state index is -0.277. The second-order valence-corrected chi connectivity index (χ2v) is 5.37. The van der Waals surface area contributed by atoms with Crippen molar-refractivity contribution in [2.45, 2.75) is 19.0 Å². The summed E-state index contributed by atoms with van der Waals surface area (Å²) in [7, 11) is 2.06. The Bertz CT molecular complexity index is 592. The third-order valence-electron chi connectivity index (χ3n) is 3.89. The lowest BCUT2D eigenvalue weighted by atomic mass is 10.2. The van der Waals surface area contributed by atoms with E-state index in [2.05, 4.69) is 31.8 Å². The number of likely N-dealkylation sites (N-methyl/N-ethyl adjacent to an activating group) is 1. The van der Waals surface area contributed by atoms with Crippen LogP contribution in [0.4, 0.5) is 10.2 Å². The summed E-state index contributed by atoms with van der Waals surface area (Å²) < 4.78 is 13.2. The Morgan fingerprint density at radius 1 is 1.38 bits per heavy atom. The minimum absolute atomic E-state index is 0.277. The fraction of sp³-hybridized carbons (Fsp3) is 0.400. The largest absolute Gasteiger partial charge is 0.355 e. The third-order valence-corrected chi connectivity index (χ3v) is 3.89. The maximum absolute atomic E-state index is 13.2. The number of hydrogen-bond acceptors (Lipinski definition) is 5. The Morgan fingerprint density at radius 3 is 3.05 bits per heavy atom. The maximum atomic E-state index is 13.2. The van der Waals surface area contributed by atoms with Gasteiger partial charge in [-0.15, -0.1) is 0 Å². The molecule has 0 bridgehead atoms. The van der Waals surface area contributed by atoms with E-state index in [0.717, 1.165) is 37.4 Å². The van der Waals surface area contributed by atoms with Gasteiger partial charge in [0.15, 0.2) is 0 Å². The number of pyridine rings is 1. The van der Waals surface area contributed by atoms with Crippen molar-refractivity contribution in [2.75, 3.05) is 25.0 Å². The van der Waals surface area contributed by atoms with Gasteiger partial charge < -0.3 is 4.90 Å². The third kappa shape index (κ3) is 3.33. The first-order chi connectivity index (χ1) is 10.2. The summed E-state index contributed by atoms with van der Waals surface area (Å²) in [5.41, 5.74) is 0.917. The van der Waals surface area contributed by atoms with Crippen LogP contribution in [0.15, 0.2) is 37.1 Å². The fourth-order valence-electron chi connectivity index (χ4n) is 2.75. The van der Waals surface area contributed by atoms with Gasteiger partial charge in [0.2, 0.25) is 0 Å². The zero-order valence-corrected chi connectivity index (χ0v) is 12.0. The van der Waals surface area contributed by atoms with Gasteiger partial charge >= 0.3 is 0 Å². The molecule has 0 saturated carbocycles. The number of nitrogens with zero attached hydrogens (tertiary/aromatic N) is 5. The van der Waals surface area contributed by atoms with Crippen LogP contribution in [0.1, 0.15) is 12.0 Å². The second kappa shape index (κ2) is 6.13. The summed E-state index contributed by atoms with van der Waals surface area (Å²) in [6.07, 6.45) is 7.36. The molecule has 1 unspecified atom stereocenters. The van der Waals surface area contributed by atoms with E-state index in [-0.39, 0.29) is 5.82 Å². The van der Waals surface area contributed by atoms with Gasteiger partial charge in [-0.2, -0.15) is 0 Å². The Morgan fingerprint density at radius 2 is 2.29 bits per heavy atom. The van der Waals surface area contributed by atoms with Gasteiger partial charge in [-0.3, -0.25) is 9.88 Å². The standard InChI is InChI=1S/C15H18FN5/c1-20(15-2-4-17-11-19-15)14-3-5-21(10-14)9-12-6-13(16)8-18-7-12/h2,4,6-8,11,14H,3,5,9-10H2,1H3. The molecule has 5 nitrogen and oxygen atoms in total. The van der Waals surface area contributed by atoms with E-state index >= 15 is 0 Å². The molecule has 0 spiro atoms. The van der Waals surface area contributed by atoms with Gasteiger partial charge in [-0.25, -0.2) is 14.4 Å². The highest BCUT2D eigenvalue weighted by Gasteiger charge is 2.26. The molecule has 0 aromatic carbocycles. The number of halogens is 1. The number of likely N-dealkylation sites (tertiary alicyclic amines) is 1. The number of rotatable bonds is 4. The molecule has 2 aromatic heterocycles.